The Labute approximate surface area is 155 Å². The molecule has 2 aromatic rings. The molecular formula is C19H17FN4O3. The number of amidine groups is 1. The van der Waals surface area contributed by atoms with Gasteiger partial charge in [0.2, 0.25) is 0 Å². The molecule has 0 atom stereocenters. The predicted octanol–water partition coefficient (Wildman–Crippen LogP) is 3.21. The minimum atomic E-state index is -0.615. The second-order valence-corrected chi connectivity index (χ2v) is 6.07. The Morgan fingerprint density at radius 2 is 2.19 bits per heavy atom. The van der Waals surface area contributed by atoms with Crippen molar-refractivity contribution in [1.82, 2.24) is 0 Å². The van der Waals surface area contributed by atoms with Gasteiger partial charge in [0.05, 0.1) is 18.8 Å². The van der Waals surface area contributed by atoms with Crippen LogP contribution in [0.2, 0.25) is 0 Å². The van der Waals surface area contributed by atoms with Gasteiger partial charge in [-0.3, -0.25) is 5.32 Å². The fraction of sp³-hybridized carbons (Fsp3) is 0.211. The van der Waals surface area contributed by atoms with Crippen LogP contribution < -0.4 is 15.0 Å². The average Bonchev–Trinajstić information content (AvgIpc) is 2.63. The van der Waals surface area contributed by atoms with Gasteiger partial charge in [-0.2, -0.15) is 0 Å². The zero-order valence-corrected chi connectivity index (χ0v) is 14.4. The number of aliphatic imine (C=N–C) groups is 2. The molecule has 2 aliphatic heterocycles. The first-order valence-electron chi connectivity index (χ1n) is 8.46. The SMILES string of the molecule is O=C(Nc1ccc2c(c1)N(CC1=NC=N1)CCO2)OCc1cccc(F)c1. The van der Waals surface area contributed by atoms with Crippen molar-refractivity contribution >= 4 is 29.6 Å². The third-order valence-corrected chi connectivity index (χ3v) is 4.17. The normalized spacial score (nSPS) is 14.6. The van der Waals surface area contributed by atoms with Crippen LogP contribution in [0.15, 0.2) is 52.4 Å². The highest BCUT2D eigenvalue weighted by molar-refractivity contribution is 6.04. The second-order valence-electron chi connectivity index (χ2n) is 6.07. The van der Waals surface area contributed by atoms with Crippen molar-refractivity contribution in [3.8, 4) is 5.75 Å². The molecule has 2 heterocycles. The van der Waals surface area contributed by atoms with E-state index in [1.807, 2.05) is 6.07 Å². The molecule has 4 rings (SSSR count). The average molecular weight is 368 g/mol. The number of carbonyl (C=O) groups is 1. The Hall–Kier alpha value is -3.42. The number of ether oxygens (including phenoxy) is 2. The lowest BCUT2D eigenvalue weighted by Crippen LogP contribution is -2.37. The number of fused-ring (bicyclic) bond motifs is 1. The maximum atomic E-state index is 13.2. The van der Waals surface area contributed by atoms with Gasteiger partial charge in [-0.05, 0) is 35.9 Å². The first-order chi connectivity index (χ1) is 13.2. The number of halogens is 1. The third-order valence-electron chi connectivity index (χ3n) is 4.17. The number of nitrogens with zero attached hydrogens (tertiary/aromatic N) is 3. The number of anilines is 2. The summed E-state index contributed by atoms with van der Waals surface area (Å²) in [4.78, 5) is 22.3. The molecule has 0 saturated carbocycles. The summed E-state index contributed by atoms with van der Waals surface area (Å²) in [6.07, 6.45) is 0.902. The maximum absolute atomic E-state index is 13.2. The molecular weight excluding hydrogens is 351 g/mol. The van der Waals surface area contributed by atoms with E-state index >= 15 is 0 Å². The number of hydrogen-bond acceptors (Lipinski definition) is 6. The molecule has 2 aliphatic rings. The van der Waals surface area contributed by atoms with Gasteiger partial charge in [-0.25, -0.2) is 19.2 Å². The summed E-state index contributed by atoms with van der Waals surface area (Å²) in [6.45, 7) is 1.85. The second kappa shape index (κ2) is 7.45. The third kappa shape index (κ3) is 4.05. The molecule has 0 aliphatic carbocycles. The lowest BCUT2D eigenvalue weighted by atomic mass is 10.2. The Morgan fingerprint density at radius 1 is 1.30 bits per heavy atom. The van der Waals surface area contributed by atoms with Gasteiger partial charge in [-0.1, -0.05) is 12.1 Å². The monoisotopic (exact) mass is 368 g/mol. The van der Waals surface area contributed by atoms with Crippen LogP contribution >= 0.6 is 0 Å². The van der Waals surface area contributed by atoms with E-state index < -0.39 is 6.09 Å². The van der Waals surface area contributed by atoms with Gasteiger partial charge in [0.1, 0.15) is 31.1 Å². The standard InChI is InChI=1S/C19H17FN4O3/c20-14-3-1-2-13(8-14)11-27-19(25)23-15-4-5-17-16(9-15)24(6-7-26-17)10-18-21-12-22-18/h1-5,8-9,12H,6-7,10-11H2,(H,23,25). The highest BCUT2D eigenvalue weighted by Crippen LogP contribution is 2.34. The summed E-state index contributed by atoms with van der Waals surface area (Å²) in [6, 6.07) is 11.3. The molecule has 27 heavy (non-hydrogen) atoms. The molecule has 0 unspecified atom stereocenters. The van der Waals surface area contributed by atoms with Crippen LogP contribution in [0.4, 0.5) is 20.6 Å². The molecule has 8 heteroatoms. The summed E-state index contributed by atoms with van der Waals surface area (Å²) in [5.74, 6) is 1.13. The van der Waals surface area contributed by atoms with Gasteiger partial charge in [0.25, 0.3) is 0 Å². The zero-order chi connectivity index (χ0) is 18.6. The van der Waals surface area contributed by atoms with Crippen molar-refractivity contribution in [2.45, 2.75) is 6.61 Å². The van der Waals surface area contributed by atoms with Gasteiger partial charge in [0, 0.05) is 5.69 Å². The smallest absolute Gasteiger partial charge is 0.411 e. The number of rotatable bonds is 5. The van der Waals surface area contributed by atoms with Crippen LogP contribution in [0.3, 0.4) is 0 Å². The van der Waals surface area contributed by atoms with Crippen molar-refractivity contribution in [2.24, 2.45) is 9.98 Å². The summed E-state index contributed by atoms with van der Waals surface area (Å²) < 4.78 is 24.0. The molecule has 1 amide bonds. The molecule has 0 bridgehead atoms. The van der Waals surface area contributed by atoms with Crippen molar-refractivity contribution in [3.63, 3.8) is 0 Å². The fourth-order valence-electron chi connectivity index (χ4n) is 2.84. The van der Waals surface area contributed by atoms with Gasteiger partial charge >= 0.3 is 6.09 Å². The van der Waals surface area contributed by atoms with Crippen LogP contribution in [0.5, 0.6) is 5.75 Å². The maximum Gasteiger partial charge on any atom is 0.411 e. The summed E-state index contributed by atoms with van der Waals surface area (Å²) in [7, 11) is 0. The van der Waals surface area contributed by atoms with E-state index in [-0.39, 0.29) is 12.4 Å². The predicted molar refractivity (Wildman–Crippen MR) is 100 cm³/mol. The Kier molecular flexibility index (Phi) is 4.69. The summed E-state index contributed by atoms with van der Waals surface area (Å²) in [5.41, 5.74) is 2.01. The zero-order valence-electron chi connectivity index (χ0n) is 14.4. The van der Waals surface area contributed by atoms with E-state index in [9.17, 15) is 9.18 Å². The van der Waals surface area contributed by atoms with E-state index in [4.69, 9.17) is 9.47 Å². The summed E-state index contributed by atoms with van der Waals surface area (Å²) >= 11 is 0. The fourth-order valence-corrected chi connectivity index (χ4v) is 2.84. The number of nitrogens with one attached hydrogen (secondary N) is 1. The number of carbonyl (C=O) groups excluding carboxylic acids is 1. The quantitative estimate of drug-likeness (QED) is 0.879. The molecule has 0 saturated heterocycles. The van der Waals surface area contributed by atoms with Crippen molar-refractivity contribution in [2.75, 3.05) is 29.9 Å². The molecule has 0 fully saturated rings. The van der Waals surface area contributed by atoms with E-state index in [1.165, 1.54) is 18.5 Å². The molecule has 7 nitrogen and oxygen atoms in total. The van der Waals surface area contributed by atoms with E-state index in [0.29, 0.717) is 30.9 Å². The largest absolute Gasteiger partial charge is 0.490 e. The van der Waals surface area contributed by atoms with E-state index in [1.54, 1.807) is 24.3 Å². The molecule has 0 radical (unpaired) electrons. The van der Waals surface area contributed by atoms with Gasteiger partial charge < -0.3 is 14.4 Å². The molecule has 0 spiro atoms. The van der Waals surface area contributed by atoms with Gasteiger partial charge in [-0.15, -0.1) is 0 Å². The lowest BCUT2D eigenvalue weighted by Gasteiger charge is -2.31. The van der Waals surface area contributed by atoms with Crippen LogP contribution in [0, 0.1) is 5.82 Å². The first-order valence-corrected chi connectivity index (χ1v) is 8.46. The number of benzene rings is 2. The van der Waals surface area contributed by atoms with Crippen LogP contribution in [0.25, 0.3) is 0 Å². The molecule has 2 aromatic carbocycles. The number of hydrogen-bond donors (Lipinski definition) is 1. The molecule has 138 valence electrons. The molecule has 1 N–H and O–H groups in total. The summed E-state index contributed by atoms with van der Waals surface area (Å²) in [5, 5.41) is 2.68. The highest BCUT2D eigenvalue weighted by atomic mass is 19.1. The number of amides is 1. The minimum absolute atomic E-state index is 0.0123. The van der Waals surface area contributed by atoms with E-state index in [0.717, 1.165) is 17.3 Å². The highest BCUT2D eigenvalue weighted by Gasteiger charge is 2.21. The van der Waals surface area contributed by atoms with Crippen molar-refractivity contribution < 1.29 is 18.7 Å². The van der Waals surface area contributed by atoms with Crippen LogP contribution in [0.1, 0.15) is 5.56 Å². The van der Waals surface area contributed by atoms with E-state index in [2.05, 4.69) is 20.2 Å². The Balaban J connectivity index is 1.40. The minimum Gasteiger partial charge on any atom is -0.490 e. The van der Waals surface area contributed by atoms with Crippen molar-refractivity contribution in [3.05, 3.63) is 53.8 Å². The lowest BCUT2D eigenvalue weighted by molar-refractivity contribution is 0.155. The first kappa shape index (κ1) is 17.0. The van der Waals surface area contributed by atoms with Crippen LogP contribution in [-0.4, -0.2) is 38.0 Å². The molecule has 0 aromatic heterocycles. The van der Waals surface area contributed by atoms with Crippen molar-refractivity contribution in [1.29, 1.82) is 0 Å². The van der Waals surface area contributed by atoms with Gasteiger partial charge in [0.15, 0.2) is 5.84 Å². The Bertz CT molecular complexity index is 929. The topological polar surface area (TPSA) is 75.5 Å². The van der Waals surface area contributed by atoms with Crippen LogP contribution in [-0.2, 0) is 11.3 Å². The Morgan fingerprint density at radius 3 is 2.96 bits per heavy atom.